The quantitative estimate of drug-likeness (QED) is 0.741. The molecular weight excluding hydrogens is 253 g/mol. The van der Waals surface area contributed by atoms with E-state index in [0.717, 1.165) is 13.0 Å². The molecule has 0 atom stereocenters. The highest BCUT2D eigenvalue weighted by atomic mass is 19.1. The Hall–Kier alpha value is -1.60. The monoisotopic (exact) mass is 277 g/mol. The third kappa shape index (κ3) is 4.82. The van der Waals surface area contributed by atoms with Crippen LogP contribution in [0.2, 0.25) is 0 Å². The summed E-state index contributed by atoms with van der Waals surface area (Å²) < 4.78 is 14.5. The number of terminal acetylenes is 1. The minimum atomic E-state index is -0.271. The van der Waals surface area contributed by atoms with Gasteiger partial charge in [-0.05, 0) is 24.9 Å². The summed E-state index contributed by atoms with van der Waals surface area (Å²) in [7, 11) is 0. The van der Waals surface area contributed by atoms with E-state index in [2.05, 4.69) is 30.1 Å². The van der Waals surface area contributed by atoms with Crippen LogP contribution in [0.3, 0.4) is 0 Å². The van der Waals surface area contributed by atoms with Crippen LogP contribution in [-0.2, 0) is 6.54 Å². The highest BCUT2D eigenvalue weighted by molar-refractivity contribution is 5.44. The van der Waals surface area contributed by atoms with Gasteiger partial charge >= 0.3 is 0 Å². The molecule has 1 heterocycles. The molecule has 0 aromatic carbocycles. The van der Waals surface area contributed by atoms with Gasteiger partial charge in [0.1, 0.15) is 0 Å². The van der Waals surface area contributed by atoms with Gasteiger partial charge in [0, 0.05) is 24.8 Å². The summed E-state index contributed by atoms with van der Waals surface area (Å²) in [5.41, 5.74) is 0.633. The Morgan fingerprint density at radius 2 is 2.25 bits per heavy atom. The number of anilines is 1. The third-order valence-corrected chi connectivity index (χ3v) is 2.89. The Kier molecular flexibility index (Phi) is 7.03. The Bertz CT molecular complexity index is 452. The second kappa shape index (κ2) is 8.55. The van der Waals surface area contributed by atoms with Crippen LogP contribution in [0.25, 0.3) is 0 Å². The number of hydrogen-bond donors (Lipinski definition) is 1. The van der Waals surface area contributed by atoms with Crippen LogP contribution in [0.5, 0.6) is 0 Å². The normalized spacial score (nSPS) is 10.6. The predicted octanol–water partition coefficient (Wildman–Crippen LogP) is 2.82. The van der Waals surface area contributed by atoms with Crippen LogP contribution >= 0.6 is 0 Å². The lowest BCUT2D eigenvalue weighted by atomic mass is 10.2. The SMILES string of the molecule is C#CCN(CCC)c1nccc(CNCC(C)C)c1F. The van der Waals surface area contributed by atoms with Crippen LogP contribution in [0, 0.1) is 24.1 Å². The van der Waals surface area contributed by atoms with E-state index in [1.54, 1.807) is 17.2 Å². The molecule has 0 radical (unpaired) electrons. The largest absolute Gasteiger partial charge is 0.343 e. The fourth-order valence-corrected chi connectivity index (χ4v) is 1.96. The molecule has 1 rings (SSSR count). The van der Waals surface area contributed by atoms with Gasteiger partial charge in [-0.2, -0.15) is 0 Å². The lowest BCUT2D eigenvalue weighted by Crippen LogP contribution is -2.27. The number of pyridine rings is 1. The van der Waals surface area contributed by atoms with Gasteiger partial charge in [0.15, 0.2) is 11.6 Å². The molecule has 4 heteroatoms. The zero-order valence-electron chi connectivity index (χ0n) is 12.6. The summed E-state index contributed by atoms with van der Waals surface area (Å²) in [6.07, 6.45) is 7.89. The van der Waals surface area contributed by atoms with Gasteiger partial charge in [-0.15, -0.1) is 6.42 Å². The van der Waals surface area contributed by atoms with Crippen molar-refractivity contribution in [3.8, 4) is 12.3 Å². The second-order valence-electron chi connectivity index (χ2n) is 5.26. The first-order valence-electron chi connectivity index (χ1n) is 7.12. The maximum atomic E-state index is 14.5. The van der Waals surface area contributed by atoms with E-state index in [1.807, 2.05) is 6.92 Å². The maximum Gasteiger partial charge on any atom is 0.170 e. The highest BCUT2D eigenvalue weighted by Crippen LogP contribution is 2.19. The number of nitrogens with one attached hydrogen (secondary N) is 1. The molecule has 0 bridgehead atoms. The van der Waals surface area contributed by atoms with Crippen molar-refractivity contribution in [3.63, 3.8) is 0 Å². The molecular formula is C16H24FN3. The summed E-state index contributed by atoms with van der Waals surface area (Å²) in [6.45, 7) is 8.73. The lowest BCUT2D eigenvalue weighted by Gasteiger charge is -2.22. The van der Waals surface area contributed by atoms with Gasteiger partial charge in [0.05, 0.1) is 6.54 Å². The molecule has 1 aromatic heterocycles. The molecule has 0 saturated carbocycles. The molecule has 0 aliphatic carbocycles. The molecule has 0 spiro atoms. The van der Waals surface area contributed by atoms with Crippen molar-refractivity contribution in [2.24, 2.45) is 5.92 Å². The van der Waals surface area contributed by atoms with Crippen molar-refractivity contribution < 1.29 is 4.39 Å². The summed E-state index contributed by atoms with van der Waals surface area (Å²) in [5, 5.41) is 3.25. The Balaban J connectivity index is 2.84. The highest BCUT2D eigenvalue weighted by Gasteiger charge is 2.15. The molecule has 0 aliphatic heterocycles. The second-order valence-corrected chi connectivity index (χ2v) is 5.26. The van der Waals surface area contributed by atoms with Crippen molar-refractivity contribution in [3.05, 3.63) is 23.6 Å². The molecule has 110 valence electrons. The van der Waals surface area contributed by atoms with Crippen LogP contribution in [-0.4, -0.2) is 24.6 Å². The zero-order chi connectivity index (χ0) is 15.0. The van der Waals surface area contributed by atoms with E-state index in [9.17, 15) is 4.39 Å². The molecule has 0 unspecified atom stereocenters. The van der Waals surface area contributed by atoms with Crippen LogP contribution in [0.1, 0.15) is 32.8 Å². The molecule has 20 heavy (non-hydrogen) atoms. The fraction of sp³-hybridized carbons (Fsp3) is 0.562. The van der Waals surface area contributed by atoms with E-state index in [1.165, 1.54) is 0 Å². The number of nitrogens with zero attached hydrogens (tertiary/aromatic N) is 2. The number of rotatable bonds is 8. The average molecular weight is 277 g/mol. The molecule has 3 nitrogen and oxygen atoms in total. The van der Waals surface area contributed by atoms with E-state index in [4.69, 9.17) is 6.42 Å². The summed E-state index contributed by atoms with van der Waals surface area (Å²) >= 11 is 0. The van der Waals surface area contributed by atoms with Gasteiger partial charge in [0.25, 0.3) is 0 Å². The van der Waals surface area contributed by atoms with Crippen molar-refractivity contribution in [1.29, 1.82) is 0 Å². The Labute approximate surface area is 121 Å². The van der Waals surface area contributed by atoms with Crippen molar-refractivity contribution in [1.82, 2.24) is 10.3 Å². The first kappa shape index (κ1) is 16.5. The molecule has 0 saturated heterocycles. The smallest absolute Gasteiger partial charge is 0.170 e. The molecule has 0 fully saturated rings. The van der Waals surface area contributed by atoms with Crippen LogP contribution < -0.4 is 10.2 Å². The van der Waals surface area contributed by atoms with E-state index in [-0.39, 0.29) is 5.82 Å². The predicted molar refractivity (Wildman–Crippen MR) is 82.1 cm³/mol. The molecule has 0 amide bonds. The molecule has 0 aliphatic rings. The van der Waals surface area contributed by atoms with Crippen LogP contribution in [0.4, 0.5) is 10.2 Å². The minimum absolute atomic E-state index is 0.271. The van der Waals surface area contributed by atoms with Gasteiger partial charge in [-0.1, -0.05) is 26.7 Å². The Morgan fingerprint density at radius 3 is 2.85 bits per heavy atom. The van der Waals surface area contributed by atoms with Gasteiger partial charge in [-0.3, -0.25) is 0 Å². The standard InChI is InChI=1S/C16H24FN3/c1-5-9-20(10-6-2)16-15(17)14(7-8-19-16)12-18-11-13(3)4/h1,7-8,13,18H,6,9-12H2,2-4H3. The van der Waals surface area contributed by atoms with E-state index < -0.39 is 0 Å². The van der Waals surface area contributed by atoms with Crippen molar-refractivity contribution >= 4 is 5.82 Å². The van der Waals surface area contributed by atoms with Gasteiger partial charge in [0.2, 0.25) is 0 Å². The number of halogens is 1. The van der Waals surface area contributed by atoms with E-state index in [0.29, 0.717) is 36.9 Å². The topological polar surface area (TPSA) is 28.2 Å². The minimum Gasteiger partial charge on any atom is -0.343 e. The van der Waals surface area contributed by atoms with Gasteiger partial charge < -0.3 is 10.2 Å². The maximum absolute atomic E-state index is 14.5. The summed E-state index contributed by atoms with van der Waals surface area (Å²) in [4.78, 5) is 5.95. The first-order chi connectivity index (χ1) is 9.60. The lowest BCUT2D eigenvalue weighted by molar-refractivity contribution is 0.532. The molecule has 1 aromatic rings. The van der Waals surface area contributed by atoms with Gasteiger partial charge in [-0.25, -0.2) is 9.37 Å². The molecule has 1 N–H and O–H groups in total. The summed E-state index contributed by atoms with van der Waals surface area (Å²) in [5.74, 6) is 3.18. The van der Waals surface area contributed by atoms with E-state index >= 15 is 0 Å². The third-order valence-electron chi connectivity index (χ3n) is 2.89. The number of hydrogen-bond acceptors (Lipinski definition) is 3. The zero-order valence-corrected chi connectivity index (χ0v) is 12.6. The van der Waals surface area contributed by atoms with Crippen molar-refractivity contribution in [2.45, 2.75) is 33.7 Å². The van der Waals surface area contributed by atoms with Crippen molar-refractivity contribution in [2.75, 3.05) is 24.5 Å². The fourth-order valence-electron chi connectivity index (χ4n) is 1.96. The first-order valence-corrected chi connectivity index (χ1v) is 7.12. The Morgan fingerprint density at radius 1 is 1.50 bits per heavy atom. The number of aromatic nitrogens is 1. The average Bonchev–Trinajstić information content (AvgIpc) is 2.40. The summed E-state index contributed by atoms with van der Waals surface area (Å²) in [6, 6.07) is 1.71. The van der Waals surface area contributed by atoms with Crippen LogP contribution in [0.15, 0.2) is 12.3 Å².